The number of anilines is 2. The summed E-state index contributed by atoms with van der Waals surface area (Å²) in [6.45, 7) is 2.08. The van der Waals surface area contributed by atoms with Gasteiger partial charge >= 0.3 is 6.03 Å². The first-order valence-corrected chi connectivity index (χ1v) is 8.21. The molecule has 3 rings (SSSR count). The average Bonchev–Trinajstić information content (AvgIpc) is 3.06. The van der Waals surface area contributed by atoms with Gasteiger partial charge in [-0.15, -0.1) is 0 Å². The summed E-state index contributed by atoms with van der Waals surface area (Å²) in [5.74, 6) is 0.564. The van der Waals surface area contributed by atoms with Crippen LogP contribution in [0.15, 0.2) is 42.5 Å². The van der Waals surface area contributed by atoms with E-state index in [1.54, 1.807) is 18.2 Å². The Bertz CT molecular complexity index is 697. The zero-order chi connectivity index (χ0) is 16.2. The molecule has 0 saturated carbocycles. The molecule has 6 heteroatoms. The van der Waals surface area contributed by atoms with Gasteiger partial charge in [0.2, 0.25) is 0 Å². The van der Waals surface area contributed by atoms with Crippen molar-refractivity contribution in [3.05, 3.63) is 58.1 Å². The first-order chi connectivity index (χ1) is 11.1. The third kappa shape index (κ3) is 4.16. The Morgan fingerprint density at radius 2 is 1.70 bits per heavy atom. The molecule has 0 bridgehead atoms. The van der Waals surface area contributed by atoms with Crippen molar-refractivity contribution < 1.29 is 4.79 Å². The molecule has 0 aliphatic carbocycles. The molecule has 3 N–H and O–H groups in total. The molecule has 120 valence electrons. The fourth-order valence-electron chi connectivity index (χ4n) is 2.65. The Labute approximate surface area is 145 Å². The Balaban J connectivity index is 1.59. The van der Waals surface area contributed by atoms with Crippen molar-refractivity contribution in [3.8, 4) is 0 Å². The zero-order valence-electron chi connectivity index (χ0n) is 12.4. The van der Waals surface area contributed by atoms with Crippen LogP contribution in [0.3, 0.4) is 0 Å². The molecule has 1 aliphatic rings. The minimum absolute atomic E-state index is 0.321. The summed E-state index contributed by atoms with van der Waals surface area (Å²) in [5.41, 5.74) is 2.63. The third-order valence-electron chi connectivity index (χ3n) is 3.88. The molecule has 1 saturated heterocycles. The third-order valence-corrected chi connectivity index (χ3v) is 4.62. The van der Waals surface area contributed by atoms with Crippen molar-refractivity contribution >= 4 is 40.6 Å². The van der Waals surface area contributed by atoms with Gasteiger partial charge < -0.3 is 16.0 Å². The van der Waals surface area contributed by atoms with Crippen LogP contribution in [-0.2, 0) is 0 Å². The number of carbonyl (C=O) groups excluding carboxylic acids is 1. The minimum Gasteiger partial charge on any atom is -0.316 e. The number of rotatable bonds is 3. The predicted octanol–water partition coefficient (Wildman–Crippen LogP) is 4.71. The standard InChI is InChI=1S/C17H17Cl2N3O/c18-15-6-5-14(9-16(15)19)22-17(23)21-13-3-1-11(2-4-13)12-7-8-20-10-12/h1-6,9,12,20H,7-8,10H2,(H2,21,22,23)/t12-/m0/s1. The highest BCUT2D eigenvalue weighted by Crippen LogP contribution is 2.26. The molecule has 1 atom stereocenters. The lowest BCUT2D eigenvalue weighted by atomic mass is 9.98. The van der Waals surface area contributed by atoms with Crippen molar-refractivity contribution in [3.63, 3.8) is 0 Å². The van der Waals surface area contributed by atoms with Crippen LogP contribution in [0.2, 0.25) is 10.0 Å². The van der Waals surface area contributed by atoms with Crippen molar-refractivity contribution in [2.24, 2.45) is 0 Å². The number of hydrogen-bond acceptors (Lipinski definition) is 2. The molecule has 4 nitrogen and oxygen atoms in total. The summed E-state index contributed by atoms with van der Waals surface area (Å²) in [6.07, 6.45) is 1.16. The number of nitrogens with one attached hydrogen (secondary N) is 3. The van der Waals surface area contributed by atoms with Gasteiger partial charge in [-0.25, -0.2) is 4.79 Å². The molecule has 1 fully saturated rings. The summed E-state index contributed by atoms with van der Waals surface area (Å²) in [7, 11) is 0. The lowest BCUT2D eigenvalue weighted by Gasteiger charge is -2.11. The van der Waals surface area contributed by atoms with Gasteiger partial charge in [0.25, 0.3) is 0 Å². The lowest BCUT2D eigenvalue weighted by Crippen LogP contribution is -2.19. The van der Waals surface area contributed by atoms with E-state index in [1.807, 2.05) is 12.1 Å². The molecule has 0 radical (unpaired) electrons. The van der Waals surface area contributed by atoms with E-state index in [0.29, 0.717) is 21.7 Å². The highest BCUT2D eigenvalue weighted by atomic mass is 35.5. The van der Waals surface area contributed by atoms with E-state index in [9.17, 15) is 4.79 Å². The largest absolute Gasteiger partial charge is 0.323 e. The second-order valence-corrected chi connectivity index (χ2v) is 6.33. The van der Waals surface area contributed by atoms with E-state index in [1.165, 1.54) is 5.56 Å². The van der Waals surface area contributed by atoms with Crippen molar-refractivity contribution in [1.82, 2.24) is 5.32 Å². The maximum atomic E-state index is 12.0. The Kier molecular flexibility index (Phi) is 5.06. The molecule has 2 aromatic carbocycles. The van der Waals surface area contributed by atoms with Gasteiger partial charge in [0.05, 0.1) is 10.0 Å². The Morgan fingerprint density at radius 1 is 1.00 bits per heavy atom. The maximum Gasteiger partial charge on any atom is 0.323 e. The van der Waals surface area contributed by atoms with Gasteiger partial charge in [0.15, 0.2) is 0 Å². The van der Waals surface area contributed by atoms with Crippen LogP contribution >= 0.6 is 23.2 Å². The second kappa shape index (κ2) is 7.21. The second-order valence-electron chi connectivity index (χ2n) is 5.52. The smallest absolute Gasteiger partial charge is 0.316 e. The van der Waals surface area contributed by atoms with Crippen LogP contribution < -0.4 is 16.0 Å². The predicted molar refractivity (Wildman–Crippen MR) is 95.8 cm³/mol. The van der Waals surface area contributed by atoms with Gasteiger partial charge in [-0.3, -0.25) is 0 Å². The molecular formula is C17H17Cl2N3O. The fourth-order valence-corrected chi connectivity index (χ4v) is 2.94. The number of urea groups is 1. The molecule has 2 amide bonds. The van der Waals surface area contributed by atoms with E-state index >= 15 is 0 Å². The van der Waals surface area contributed by atoms with Gasteiger partial charge in [0, 0.05) is 17.9 Å². The summed E-state index contributed by atoms with van der Waals surface area (Å²) >= 11 is 11.8. The number of carbonyl (C=O) groups is 1. The molecular weight excluding hydrogens is 333 g/mol. The van der Waals surface area contributed by atoms with E-state index in [0.717, 1.165) is 25.2 Å². The van der Waals surface area contributed by atoms with E-state index in [2.05, 4.69) is 28.1 Å². The molecule has 0 unspecified atom stereocenters. The van der Waals surface area contributed by atoms with Crippen LogP contribution in [0.1, 0.15) is 17.9 Å². The normalized spacial score (nSPS) is 17.0. The van der Waals surface area contributed by atoms with Crippen molar-refractivity contribution in [1.29, 1.82) is 0 Å². The molecule has 0 spiro atoms. The monoisotopic (exact) mass is 349 g/mol. The SMILES string of the molecule is O=C(Nc1ccc([C@H]2CCNC2)cc1)Nc1ccc(Cl)c(Cl)c1. The molecule has 1 heterocycles. The van der Waals surface area contributed by atoms with Gasteiger partial charge in [-0.05, 0) is 54.8 Å². The van der Waals surface area contributed by atoms with Crippen molar-refractivity contribution in [2.75, 3.05) is 23.7 Å². The van der Waals surface area contributed by atoms with Crippen LogP contribution in [0.5, 0.6) is 0 Å². The lowest BCUT2D eigenvalue weighted by molar-refractivity contribution is 0.262. The minimum atomic E-state index is -0.321. The summed E-state index contributed by atoms with van der Waals surface area (Å²) in [4.78, 5) is 12.0. The fraction of sp³-hybridized carbons (Fsp3) is 0.235. The number of benzene rings is 2. The first-order valence-electron chi connectivity index (χ1n) is 7.45. The summed E-state index contributed by atoms with van der Waals surface area (Å²) in [5, 5.41) is 9.73. The number of halogens is 2. The van der Waals surface area contributed by atoms with E-state index < -0.39 is 0 Å². The molecule has 23 heavy (non-hydrogen) atoms. The molecule has 2 aromatic rings. The maximum absolute atomic E-state index is 12.0. The first kappa shape index (κ1) is 16.1. The van der Waals surface area contributed by atoms with Gasteiger partial charge in [-0.2, -0.15) is 0 Å². The van der Waals surface area contributed by atoms with Crippen LogP contribution in [0.25, 0.3) is 0 Å². The van der Waals surface area contributed by atoms with E-state index in [-0.39, 0.29) is 6.03 Å². The van der Waals surface area contributed by atoms with Gasteiger partial charge in [0.1, 0.15) is 0 Å². The molecule has 1 aliphatic heterocycles. The highest BCUT2D eigenvalue weighted by Gasteiger charge is 2.16. The van der Waals surface area contributed by atoms with E-state index in [4.69, 9.17) is 23.2 Å². The number of hydrogen-bond donors (Lipinski definition) is 3. The summed E-state index contributed by atoms with van der Waals surface area (Å²) in [6, 6.07) is 12.6. The quantitative estimate of drug-likeness (QED) is 0.751. The Morgan fingerprint density at radius 3 is 2.35 bits per heavy atom. The average molecular weight is 350 g/mol. The topological polar surface area (TPSA) is 53.2 Å². The summed E-state index contributed by atoms with van der Waals surface area (Å²) < 4.78 is 0. The highest BCUT2D eigenvalue weighted by molar-refractivity contribution is 6.42. The van der Waals surface area contributed by atoms with Crippen molar-refractivity contribution in [2.45, 2.75) is 12.3 Å². The zero-order valence-corrected chi connectivity index (χ0v) is 13.9. The van der Waals surface area contributed by atoms with Crippen LogP contribution in [0.4, 0.5) is 16.2 Å². The van der Waals surface area contributed by atoms with Crippen LogP contribution in [0, 0.1) is 0 Å². The molecule has 0 aromatic heterocycles. The Hall–Kier alpha value is -1.75. The van der Waals surface area contributed by atoms with Crippen LogP contribution in [-0.4, -0.2) is 19.1 Å². The van der Waals surface area contributed by atoms with Gasteiger partial charge in [-0.1, -0.05) is 35.3 Å². The number of amides is 2.